The van der Waals surface area contributed by atoms with Gasteiger partial charge in [-0.2, -0.15) is 0 Å². The van der Waals surface area contributed by atoms with Crippen LogP contribution in [0.2, 0.25) is 0 Å². The maximum atomic E-state index is 12.7. The molecule has 0 radical (unpaired) electrons. The molecule has 1 fully saturated rings. The molecule has 1 aliphatic rings. The van der Waals surface area contributed by atoms with E-state index in [1.54, 1.807) is 36.4 Å². The number of unbranched alkanes of at least 4 members (excludes halogenated alkanes) is 1. The number of carbonyl (C=O) groups excluding carboxylic acids is 4. The van der Waals surface area contributed by atoms with Gasteiger partial charge in [0.25, 0.3) is 5.91 Å². The van der Waals surface area contributed by atoms with E-state index in [-0.39, 0.29) is 29.7 Å². The average Bonchev–Trinajstić information content (AvgIpc) is 3.61. The number of ether oxygens (including phenoxy) is 2. The molecule has 0 atom stereocenters. The van der Waals surface area contributed by atoms with E-state index >= 15 is 0 Å². The molecular weight excluding hydrogens is 468 g/mol. The van der Waals surface area contributed by atoms with Gasteiger partial charge in [-0.05, 0) is 42.8 Å². The Hall–Kier alpha value is -4.60. The normalized spacial score (nSPS) is 14.3. The van der Waals surface area contributed by atoms with E-state index in [2.05, 4.69) is 10.1 Å². The van der Waals surface area contributed by atoms with Crippen LogP contribution in [0.5, 0.6) is 0 Å². The zero-order valence-corrected chi connectivity index (χ0v) is 19.7. The minimum absolute atomic E-state index is 0.0279. The number of esters is 2. The fraction of sp³-hybridized carbons (Fsp3) is 0.231. The van der Waals surface area contributed by atoms with Crippen LogP contribution in [0, 0.1) is 0 Å². The van der Waals surface area contributed by atoms with Crippen molar-refractivity contribution in [2.45, 2.75) is 26.3 Å². The molecule has 0 unspecified atom stereocenters. The molecule has 186 valence electrons. The van der Waals surface area contributed by atoms with Gasteiger partial charge in [0.2, 0.25) is 5.76 Å². The van der Waals surface area contributed by atoms with Crippen LogP contribution < -0.4 is 5.32 Å². The zero-order valence-electron chi connectivity index (χ0n) is 19.7. The lowest BCUT2D eigenvalue weighted by Crippen LogP contribution is -2.30. The number of imide groups is 1. The van der Waals surface area contributed by atoms with Gasteiger partial charge in [-0.1, -0.05) is 25.5 Å². The summed E-state index contributed by atoms with van der Waals surface area (Å²) in [4.78, 5) is 49.6. The van der Waals surface area contributed by atoms with Gasteiger partial charge in [0.05, 0.1) is 25.8 Å². The van der Waals surface area contributed by atoms with Crippen LogP contribution in [0.4, 0.5) is 4.79 Å². The second-order valence-corrected chi connectivity index (χ2v) is 7.91. The maximum absolute atomic E-state index is 12.7. The van der Waals surface area contributed by atoms with Crippen LogP contribution in [-0.4, -0.2) is 42.5 Å². The number of benzene rings is 1. The van der Waals surface area contributed by atoms with E-state index < -0.39 is 17.9 Å². The fourth-order valence-corrected chi connectivity index (χ4v) is 3.44. The van der Waals surface area contributed by atoms with Crippen molar-refractivity contribution < 1.29 is 37.5 Å². The lowest BCUT2D eigenvalue weighted by molar-refractivity contribution is -0.123. The van der Waals surface area contributed by atoms with E-state index in [1.165, 1.54) is 25.3 Å². The predicted octanol–water partition coefficient (Wildman–Crippen LogP) is 4.38. The van der Waals surface area contributed by atoms with Crippen LogP contribution >= 0.6 is 0 Å². The number of nitrogens with zero attached hydrogens (tertiary/aromatic N) is 1. The van der Waals surface area contributed by atoms with Crippen molar-refractivity contribution in [1.82, 2.24) is 10.2 Å². The molecule has 36 heavy (non-hydrogen) atoms. The van der Waals surface area contributed by atoms with Gasteiger partial charge in [-0.3, -0.25) is 9.69 Å². The molecule has 10 nitrogen and oxygen atoms in total. The molecule has 4 rings (SSSR count). The Labute approximate surface area is 206 Å². The standard InChI is InChI=1S/C26H24N2O8/c1-3-4-13-34-24(30)17-7-5-16(6-8-17)21-11-9-18(35-21)14-20-23(29)28(26(32)27-20)15-19-10-12-22(36-19)25(31)33-2/h5-12,14H,3-4,13,15H2,1-2H3,(H,27,32)/b20-14-. The van der Waals surface area contributed by atoms with Gasteiger partial charge in [-0.25, -0.2) is 14.4 Å². The molecule has 0 aliphatic carbocycles. The monoisotopic (exact) mass is 492 g/mol. The first-order valence-electron chi connectivity index (χ1n) is 11.3. The minimum atomic E-state index is -0.658. The quantitative estimate of drug-likeness (QED) is 0.202. The summed E-state index contributed by atoms with van der Waals surface area (Å²) in [7, 11) is 1.22. The van der Waals surface area contributed by atoms with Crippen LogP contribution in [-0.2, 0) is 20.8 Å². The third-order valence-electron chi connectivity index (χ3n) is 5.37. The summed E-state index contributed by atoms with van der Waals surface area (Å²) in [6.45, 7) is 2.25. The lowest BCUT2D eigenvalue weighted by Gasteiger charge is -2.09. The Kier molecular flexibility index (Phi) is 7.33. The van der Waals surface area contributed by atoms with Crippen LogP contribution in [0.1, 0.15) is 52.2 Å². The van der Waals surface area contributed by atoms with Crippen LogP contribution in [0.25, 0.3) is 17.4 Å². The largest absolute Gasteiger partial charge is 0.463 e. The highest BCUT2D eigenvalue weighted by molar-refractivity contribution is 6.13. The van der Waals surface area contributed by atoms with Crippen LogP contribution in [0.15, 0.2) is 63.1 Å². The van der Waals surface area contributed by atoms with E-state index in [0.29, 0.717) is 23.7 Å². The molecule has 0 bridgehead atoms. The van der Waals surface area contributed by atoms with Crippen LogP contribution in [0.3, 0.4) is 0 Å². The predicted molar refractivity (Wildman–Crippen MR) is 126 cm³/mol. The summed E-state index contributed by atoms with van der Waals surface area (Å²) in [5.74, 6) is -0.514. The number of urea groups is 1. The molecule has 3 heterocycles. The minimum Gasteiger partial charge on any atom is -0.463 e. The van der Waals surface area contributed by atoms with E-state index in [0.717, 1.165) is 23.3 Å². The van der Waals surface area contributed by atoms with Crippen molar-refractivity contribution in [2.75, 3.05) is 13.7 Å². The molecule has 1 aromatic carbocycles. The molecule has 2 aromatic heterocycles. The van der Waals surface area contributed by atoms with E-state index in [1.807, 2.05) is 6.92 Å². The van der Waals surface area contributed by atoms with Crippen molar-refractivity contribution in [1.29, 1.82) is 0 Å². The molecule has 1 N–H and O–H groups in total. The number of hydrogen-bond donors (Lipinski definition) is 1. The number of nitrogens with one attached hydrogen (secondary N) is 1. The Balaban J connectivity index is 1.42. The summed E-state index contributed by atoms with van der Waals surface area (Å²) in [5.41, 5.74) is 1.21. The highest BCUT2D eigenvalue weighted by Crippen LogP contribution is 2.25. The van der Waals surface area contributed by atoms with Gasteiger partial charge < -0.3 is 23.6 Å². The average molecular weight is 492 g/mol. The van der Waals surface area contributed by atoms with Crippen molar-refractivity contribution in [2.24, 2.45) is 0 Å². The number of hydrogen-bond acceptors (Lipinski definition) is 8. The number of carbonyl (C=O) groups is 4. The van der Waals surface area contributed by atoms with Gasteiger partial charge in [0.1, 0.15) is 23.0 Å². The van der Waals surface area contributed by atoms with Gasteiger partial charge in [-0.15, -0.1) is 0 Å². The van der Waals surface area contributed by atoms with Gasteiger partial charge in [0, 0.05) is 11.6 Å². The van der Waals surface area contributed by atoms with Gasteiger partial charge in [0.15, 0.2) is 0 Å². The number of methoxy groups -OCH3 is 1. The van der Waals surface area contributed by atoms with Crippen molar-refractivity contribution in [3.05, 3.63) is 77.1 Å². The van der Waals surface area contributed by atoms with E-state index in [4.69, 9.17) is 13.6 Å². The van der Waals surface area contributed by atoms with E-state index in [9.17, 15) is 19.2 Å². The summed E-state index contributed by atoms with van der Waals surface area (Å²) in [5, 5.41) is 2.51. The molecule has 0 saturated carbocycles. The highest BCUT2D eigenvalue weighted by atomic mass is 16.5. The first kappa shape index (κ1) is 24.5. The zero-order chi connectivity index (χ0) is 25.7. The molecular formula is C26H24N2O8. The number of rotatable bonds is 9. The van der Waals surface area contributed by atoms with Crippen molar-refractivity contribution in [3.8, 4) is 11.3 Å². The topological polar surface area (TPSA) is 128 Å². The number of amides is 3. The Morgan fingerprint density at radius 3 is 2.50 bits per heavy atom. The highest BCUT2D eigenvalue weighted by Gasteiger charge is 2.34. The Morgan fingerprint density at radius 2 is 1.78 bits per heavy atom. The maximum Gasteiger partial charge on any atom is 0.373 e. The first-order chi connectivity index (χ1) is 17.4. The first-order valence-corrected chi connectivity index (χ1v) is 11.3. The van der Waals surface area contributed by atoms with Crippen molar-refractivity contribution in [3.63, 3.8) is 0 Å². The van der Waals surface area contributed by atoms with Gasteiger partial charge >= 0.3 is 18.0 Å². The summed E-state index contributed by atoms with van der Waals surface area (Å²) in [6.07, 6.45) is 3.18. The summed E-state index contributed by atoms with van der Waals surface area (Å²) >= 11 is 0. The smallest absolute Gasteiger partial charge is 0.373 e. The molecule has 3 aromatic rings. The Morgan fingerprint density at radius 1 is 1.00 bits per heavy atom. The Bertz CT molecular complexity index is 1320. The number of furan rings is 2. The second-order valence-electron chi connectivity index (χ2n) is 7.91. The third kappa shape index (κ3) is 5.38. The second kappa shape index (κ2) is 10.8. The lowest BCUT2D eigenvalue weighted by atomic mass is 10.1. The molecule has 0 spiro atoms. The van der Waals surface area contributed by atoms with Crippen molar-refractivity contribution >= 4 is 30.0 Å². The molecule has 1 saturated heterocycles. The summed E-state index contributed by atoms with van der Waals surface area (Å²) in [6, 6.07) is 12.4. The fourth-order valence-electron chi connectivity index (χ4n) is 3.44. The molecule has 1 aliphatic heterocycles. The molecule has 10 heteroatoms. The molecule has 3 amide bonds. The third-order valence-corrected chi connectivity index (χ3v) is 5.37. The summed E-state index contributed by atoms with van der Waals surface area (Å²) < 4.78 is 20.9. The SMILES string of the molecule is CCCCOC(=O)c1ccc(-c2ccc(/C=C3\NC(=O)N(Cc4ccc(C(=O)OC)o4)C3=O)o2)cc1.